The Kier molecular flexibility index (Phi) is 2.30. The van der Waals surface area contributed by atoms with Gasteiger partial charge in [0, 0.05) is 5.56 Å². The van der Waals surface area contributed by atoms with Crippen molar-refractivity contribution in [2.45, 2.75) is 0 Å². The highest BCUT2D eigenvalue weighted by atomic mass is 32.1. The van der Waals surface area contributed by atoms with Gasteiger partial charge in [0.15, 0.2) is 0 Å². The standard InChI is InChI=1S/C10H6FN5OS/c11-6-3-1-2-5(4-6)9-15-16-8(7(12)17)13-14-10(16)18-9/h1-4H,(H2,12,17). The number of benzene rings is 1. The quantitative estimate of drug-likeness (QED) is 0.749. The zero-order valence-corrected chi connectivity index (χ0v) is 9.69. The Morgan fingerprint density at radius 2 is 2.22 bits per heavy atom. The van der Waals surface area contributed by atoms with Crippen LogP contribution in [0.5, 0.6) is 0 Å². The van der Waals surface area contributed by atoms with Crippen LogP contribution < -0.4 is 5.73 Å². The first kappa shape index (κ1) is 10.8. The molecular weight excluding hydrogens is 257 g/mol. The summed E-state index contributed by atoms with van der Waals surface area (Å²) in [5, 5.41) is 12.1. The lowest BCUT2D eigenvalue weighted by atomic mass is 10.2. The maximum absolute atomic E-state index is 13.1. The van der Waals surface area contributed by atoms with Crippen LogP contribution in [0.1, 0.15) is 10.6 Å². The summed E-state index contributed by atoms with van der Waals surface area (Å²) in [6.07, 6.45) is 0. The second kappa shape index (κ2) is 3.84. The van der Waals surface area contributed by atoms with Gasteiger partial charge in [-0.05, 0) is 12.1 Å². The van der Waals surface area contributed by atoms with Crippen molar-refractivity contribution < 1.29 is 9.18 Å². The molecule has 0 fully saturated rings. The molecule has 0 aliphatic rings. The number of aromatic nitrogens is 4. The summed E-state index contributed by atoms with van der Waals surface area (Å²) in [5.74, 6) is -1.10. The average molecular weight is 263 g/mol. The van der Waals surface area contributed by atoms with Crippen molar-refractivity contribution in [3.8, 4) is 10.6 Å². The van der Waals surface area contributed by atoms with Crippen LogP contribution in [0.2, 0.25) is 0 Å². The fourth-order valence-electron chi connectivity index (χ4n) is 1.51. The average Bonchev–Trinajstić information content (AvgIpc) is 2.87. The van der Waals surface area contributed by atoms with E-state index in [1.54, 1.807) is 12.1 Å². The summed E-state index contributed by atoms with van der Waals surface area (Å²) in [7, 11) is 0. The Balaban J connectivity index is 2.17. The summed E-state index contributed by atoms with van der Waals surface area (Å²) in [6, 6.07) is 6.01. The molecule has 0 saturated carbocycles. The Morgan fingerprint density at radius 1 is 1.39 bits per heavy atom. The molecule has 0 atom stereocenters. The number of hydrogen-bond acceptors (Lipinski definition) is 5. The normalized spacial score (nSPS) is 10.9. The predicted octanol–water partition coefficient (Wildman–Crippen LogP) is 1.09. The minimum Gasteiger partial charge on any atom is -0.363 e. The van der Waals surface area contributed by atoms with Crippen LogP contribution in [0.4, 0.5) is 4.39 Å². The number of carbonyl (C=O) groups excluding carboxylic acids is 1. The van der Waals surface area contributed by atoms with Crippen LogP contribution in [-0.4, -0.2) is 25.7 Å². The van der Waals surface area contributed by atoms with E-state index in [0.29, 0.717) is 15.5 Å². The van der Waals surface area contributed by atoms with Crippen molar-refractivity contribution >= 4 is 22.2 Å². The number of nitrogens with two attached hydrogens (primary N) is 1. The number of primary amides is 1. The molecule has 1 aromatic carbocycles. The largest absolute Gasteiger partial charge is 0.363 e. The molecule has 3 aromatic rings. The van der Waals surface area contributed by atoms with Crippen LogP contribution in [0.15, 0.2) is 24.3 Å². The lowest BCUT2D eigenvalue weighted by Crippen LogP contribution is -2.15. The van der Waals surface area contributed by atoms with Gasteiger partial charge < -0.3 is 5.73 Å². The maximum atomic E-state index is 13.1. The van der Waals surface area contributed by atoms with E-state index in [4.69, 9.17) is 5.73 Å². The van der Waals surface area contributed by atoms with Crippen molar-refractivity contribution in [2.75, 3.05) is 0 Å². The van der Waals surface area contributed by atoms with Crippen molar-refractivity contribution in [1.29, 1.82) is 0 Å². The Hall–Kier alpha value is -2.35. The first-order chi connectivity index (χ1) is 8.65. The van der Waals surface area contributed by atoms with Crippen LogP contribution in [0.25, 0.3) is 15.5 Å². The van der Waals surface area contributed by atoms with Gasteiger partial charge in [-0.2, -0.15) is 9.61 Å². The zero-order chi connectivity index (χ0) is 12.7. The lowest BCUT2D eigenvalue weighted by Gasteiger charge is -1.94. The molecule has 1 amide bonds. The number of fused-ring (bicyclic) bond motifs is 1. The van der Waals surface area contributed by atoms with Crippen molar-refractivity contribution in [3.05, 3.63) is 35.9 Å². The smallest absolute Gasteiger partial charge is 0.288 e. The molecule has 0 bridgehead atoms. The SMILES string of the molecule is NC(=O)c1nnc2sc(-c3cccc(F)c3)nn12. The van der Waals surface area contributed by atoms with Gasteiger partial charge in [0.25, 0.3) is 5.91 Å². The topological polar surface area (TPSA) is 86.2 Å². The number of hydrogen-bond donors (Lipinski definition) is 1. The Bertz CT molecular complexity index is 750. The van der Waals surface area contributed by atoms with Gasteiger partial charge in [-0.3, -0.25) is 4.79 Å². The summed E-state index contributed by atoms with van der Waals surface area (Å²) in [6.45, 7) is 0. The number of carbonyl (C=O) groups is 1. The molecule has 90 valence electrons. The number of nitrogens with zero attached hydrogens (tertiary/aromatic N) is 4. The second-order valence-electron chi connectivity index (χ2n) is 3.50. The van der Waals surface area contributed by atoms with E-state index < -0.39 is 5.91 Å². The van der Waals surface area contributed by atoms with Crippen molar-refractivity contribution in [2.24, 2.45) is 5.73 Å². The highest BCUT2D eigenvalue weighted by molar-refractivity contribution is 7.19. The van der Waals surface area contributed by atoms with Gasteiger partial charge in [0.05, 0.1) is 0 Å². The molecule has 2 N–H and O–H groups in total. The number of rotatable bonds is 2. The van der Waals surface area contributed by atoms with E-state index in [-0.39, 0.29) is 11.6 Å². The molecule has 0 aliphatic heterocycles. The molecule has 18 heavy (non-hydrogen) atoms. The van der Waals surface area contributed by atoms with Crippen LogP contribution in [-0.2, 0) is 0 Å². The molecular formula is C10H6FN5OS. The third-order valence-corrected chi connectivity index (χ3v) is 3.23. The van der Waals surface area contributed by atoms with E-state index in [9.17, 15) is 9.18 Å². The lowest BCUT2D eigenvalue weighted by molar-refractivity contribution is 0.0988. The molecule has 0 saturated heterocycles. The first-order valence-electron chi connectivity index (χ1n) is 4.93. The molecule has 2 heterocycles. The third kappa shape index (κ3) is 1.63. The molecule has 6 nitrogen and oxygen atoms in total. The van der Waals surface area contributed by atoms with Gasteiger partial charge >= 0.3 is 0 Å². The van der Waals surface area contributed by atoms with Crippen LogP contribution in [0, 0.1) is 5.82 Å². The van der Waals surface area contributed by atoms with E-state index in [0.717, 1.165) is 0 Å². The van der Waals surface area contributed by atoms with Gasteiger partial charge in [-0.25, -0.2) is 4.39 Å². The fraction of sp³-hybridized carbons (Fsp3) is 0. The number of amides is 1. The number of halogens is 1. The molecule has 0 spiro atoms. The molecule has 2 aromatic heterocycles. The van der Waals surface area contributed by atoms with Gasteiger partial charge in [-0.15, -0.1) is 10.2 Å². The summed E-state index contributed by atoms with van der Waals surface area (Å²) in [4.78, 5) is 11.5. The van der Waals surface area contributed by atoms with Crippen LogP contribution in [0.3, 0.4) is 0 Å². The van der Waals surface area contributed by atoms with Gasteiger partial charge in [-0.1, -0.05) is 23.5 Å². The fourth-order valence-corrected chi connectivity index (χ4v) is 2.34. The van der Waals surface area contributed by atoms with E-state index in [1.165, 1.54) is 28.0 Å². The van der Waals surface area contributed by atoms with E-state index >= 15 is 0 Å². The van der Waals surface area contributed by atoms with Crippen molar-refractivity contribution in [3.63, 3.8) is 0 Å². The van der Waals surface area contributed by atoms with E-state index in [1.807, 2.05) is 0 Å². The van der Waals surface area contributed by atoms with Gasteiger partial charge in [0.1, 0.15) is 10.8 Å². The third-order valence-electron chi connectivity index (χ3n) is 2.28. The Morgan fingerprint density at radius 3 is 2.94 bits per heavy atom. The van der Waals surface area contributed by atoms with Crippen molar-refractivity contribution in [1.82, 2.24) is 19.8 Å². The molecule has 0 unspecified atom stereocenters. The first-order valence-corrected chi connectivity index (χ1v) is 5.75. The monoisotopic (exact) mass is 263 g/mol. The Labute approximate surface area is 104 Å². The highest BCUT2D eigenvalue weighted by Gasteiger charge is 2.16. The van der Waals surface area contributed by atoms with E-state index in [2.05, 4.69) is 15.3 Å². The molecule has 3 rings (SSSR count). The minimum atomic E-state index is -0.710. The zero-order valence-electron chi connectivity index (χ0n) is 8.87. The minimum absolute atomic E-state index is 0.0381. The second-order valence-corrected chi connectivity index (χ2v) is 4.46. The molecule has 8 heteroatoms. The molecule has 0 aliphatic carbocycles. The van der Waals surface area contributed by atoms with Gasteiger partial charge in [0.2, 0.25) is 10.8 Å². The predicted molar refractivity (Wildman–Crippen MR) is 62.6 cm³/mol. The summed E-state index contributed by atoms with van der Waals surface area (Å²) < 4.78 is 14.4. The summed E-state index contributed by atoms with van der Waals surface area (Å²) >= 11 is 1.20. The van der Waals surface area contributed by atoms with Crippen LogP contribution >= 0.6 is 11.3 Å². The highest BCUT2D eigenvalue weighted by Crippen LogP contribution is 2.25. The molecule has 0 radical (unpaired) electrons. The summed E-state index contributed by atoms with van der Waals surface area (Å²) in [5.41, 5.74) is 5.75. The maximum Gasteiger partial charge on any atom is 0.288 e.